The quantitative estimate of drug-likeness (QED) is 0.666. The summed E-state index contributed by atoms with van der Waals surface area (Å²) in [5, 5.41) is 0. The first kappa shape index (κ1) is 12.5. The second-order valence-electron chi connectivity index (χ2n) is 3.63. The van der Waals surface area contributed by atoms with E-state index in [9.17, 15) is 8.78 Å². The number of hydrazine groups is 1. The minimum atomic E-state index is -0.800. The van der Waals surface area contributed by atoms with Crippen molar-refractivity contribution < 1.29 is 13.5 Å². The Bertz CT molecular complexity index is 442. The molecule has 1 aromatic carbocycles. The Labute approximate surface area is 106 Å². The van der Waals surface area contributed by atoms with Crippen molar-refractivity contribution in [3.8, 4) is 0 Å². The maximum absolute atomic E-state index is 13.8. The number of benzene rings is 1. The van der Waals surface area contributed by atoms with Gasteiger partial charge in [-0.05, 0) is 18.2 Å². The fraction of sp³-hybridized carbons (Fsp3) is 0.273. The largest absolute Gasteiger partial charge is 0.496 e. The normalized spacial score (nSPS) is 16.6. The van der Waals surface area contributed by atoms with Crippen LogP contribution >= 0.6 is 15.9 Å². The zero-order valence-electron chi connectivity index (χ0n) is 8.84. The van der Waals surface area contributed by atoms with E-state index in [0.29, 0.717) is 23.3 Å². The van der Waals surface area contributed by atoms with Gasteiger partial charge in [0.25, 0.3) is 0 Å². The second kappa shape index (κ2) is 5.12. The summed E-state index contributed by atoms with van der Waals surface area (Å²) in [5.74, 6) is 4.46. The van der Waals surface area contributed by atoms with Crippen LogP contribution < -0.4 is 11.3 Å². The Morgan fingerprint density at radius 1 is 1.35 bits per heavy atom. The Kier molecular flexibility index (Phi) is 3.76. The first-order valence-corrected chi connectivity index (χ1v) is 5.86. The van der Waals surface area contributed by atoms with Gasteiger partial charge in [-0.2, -0.15) is 0 Å². The molecule has 0 saturated carbocycles. The van der Waals surface area contributed by atoms with Crippen molar-refractivity contribution in [1.82, 2.24) is 5.43 Å². The van der Waals surface area contributed by atoms with Gasteiger partial charge in [0.1, 0.15) is 23.4 Å². The first-order valence-electron chi connectivity index (χ1n) is 5.07. The molecule has 0 aliphatic carbocycles. The van der Waals surface area contributed by atoms with E-state index in [1.807, 2.05) is 0 Å². The van der Waals surface area contributed by atoms with E-state index >= 15 is 0 Å². The Hall–Kier alpha value is -0.980. The lowest BCUT2D eigenvalue weighted by Crippen LogP contribution is -2.31. The Morgan fingerprint density at radius 2 is 2.00 bits per heavy atom. The van der Waals surface area contributed by atoms with E-state index in [-0.39, 0.29) is 5.56 Å². The molecule has 1 heterocycles. The number of rotatable bonds is 3. The lowest BCUT2D eigenvalue weighted by Gasteiger charge is -2.19. The summed E-state index contributed by atoms with van der Waals surface area (Å²) in [6.45, 7) is 0.507. The van der Waals surface area contributed by atoms with Crippen LogP contribution in [-0.4, -0.2) is 6.61 Å². The summed E-state index contributed by atoms with van der Waals surface area (Å²) < 4.78 is 33.1. The van der Waals surface area contributed by atoms with Crippen molar-refractivity contribution in [2.75, 3.05) is 6.61 Å². The van der Waals surface area contributed by atoms with Crippen LogP contribution in [0.4, 0.5) is 8.78 Å². The molecule has 1 aromatic rings. The summed E-state index contributed by atoms with van der Waals surface area (Å²) in [6, 6.07) is 1.59. The number of hydrogen-bond donors (Lipinski definition) is 2. The van der Waals surface area contributed by atoms with Crippen molar-refractivity contribution in [2.24, 2.45) is 5.84 Å². The minimum absolute atomic E-state index is 0.135. The number of nitrogens with two attached hydrogens (primary N) is 1. The lowest BCUT2D eigenvalue weighted by molar-refractivity contribution is 0.213. The zero-order valence-corrected chi connectivity index (χ0v) is 10.4. The molecule has 1 aliphatic heterocycles. The van der Waals surface area contributed by atoms with Gasteiger partial charge in [-0.1, -0.05) is 15.9 Å². The van der Waals surface area contributed by atoms with Crippen molar-refractivity contribution in [1.29, 1.82) is 0 Å². The van der Waals surface area contributed by atoms with Gasteiger partial charge in [0.2, 0.25) is 0 Å². The molecular formula is C11H11BrF2N2O. The summed E-state index contributed by atoms with van der Waals surface area (Å²) in [7, 11) is 0. The van der Waals surface area contributed by atoms with E-state index in [0.717, 1.165) is 0 Å². The van der Waals surface area contributed by atoms with Crippen molar-refractivity contribution in [3.63, 3.8) is 0 Å². The molecule has 17 heavy (non-hydrogen) atoms. The molecule has 6 heteroatoms. The van der Waals surface area contributed by atoms with Crippen molar-refractivity contribution in [3.05, 3.63) is 45.6 Å². The fourth-order valence-corrected chi connectivity index (χ4v) is 2.18. The number of ether oxygens (including phenoxy) is 1. The van der Waals surface area contributed by atoms with Gasteiger partial charge in [0, 0.05) is 16.5 Å². The highest BCUT2D eigenvalue weighted by Gasteiger charge is 2.26. The van der Waals surface area contributed by atoms with Crippen LogP contribution in [-0.2, 0) is 4.74 Å². The molecular weight excluding hydrogens is 294 g/mol. The smallest absolute Gasteiger partial charge is 0.132 e. The molecule has 0 saturated heterocycles. The summed E-state index contributed by atoms with van der Waals surface area (Å²) in [4.78, 5) is 0. The summed E-state index contributed by atoms with van der Waals surface area (Å²) in [6.07, 6.45) is 2.48. The monoisotopic (exact) mass is 304 g/mol. The molecule has 0 spiro atoms. The van der Waals surface area contributed by atoms with E-state index in [1.54, 1.807) is 6.08 Å². The lowest BCUT2D eigenvalue weighted by atomic mass is 10.0. The van der Waals surface area contributed by atoms with E-state index in [2.05, 4.69) is 21.4 Å². The zero-order chi connectivity index (χ0) is 12.4. The van der Waals surface area contributed by atoms with Gasteiger partial charge < -0.3 is 4.74 Å². The first-order chi connectivity index (χ1) is 8.13. The Balaban J connectivity index is 2.43. The molecule has 0 amide bonds. The van der Waals surface area contributed by atoms with Crippen LogP contribution in [0.15, 0.2) is 28.4 Å². The van der Waals surface area contributed by atoms with Gasteiger partial charge in [-0.3, -0.25) is 5.84 Å². The molecule has 2 rings (SSSR count). The van der Waals surface area contributed by atoms with Crippen LogP contribution in [0.2, 0.25) is 0 Å². The molecule has 1 atom stereocenters. The topological polar surface area (TPSA) is 47.3 Å². The van der Waals surface area contributed by atoms with Gasteiger partial charge in [-0.15, -0.1) is 0 Å². The van der Waals surface area contributed by atoms with E-state index in [4.69, 9.17) is 10.6 Å². The van der Waals surface area contributed by atoms with Crippen LogP contribution in [0, 0.1) is 11.6 Å². The van der Waals surface area contributed by atoms with Crippen molar-refractivity contribution in [2.45, 2.75) is 12.5 Å². The van der Waals surface area contributed by atoms with Gasteiger partial charge in [-0.25, -0.2) is 14.2 Å². The molecule has 92 valence electrons. The summed E-state index contributed by atoms with van der Waals surface area (Å²) in [5.41, 5.74) is 2.24. The van der Waals surface area contributed by atoms with E-state index in [1.165, 1.54) is 12.1 Å². The molecule has 0 bridgehead atoms. The SMILES string of the molecule is NNC(C1=CCCO1)c1c(F)cc(Br)cc1F. The van der Waals surface area contributed by atoms with Crippen LogP contribution in [0.25, 0.3) is 0 Å². The van der Waals surface area contributed by atoms with Gasteiger partial charge in [0.05, 0.1) is 6.61 Å². The third-order valence-electron chi connectivity index (χ3n) is 2.52. The molecule has 1 aliphatic rings. The third-order valence-corrected chi connectivity index (χ3v) is 2.97. The van der Waals surface area contributed by atoms with Crippen molar-refractivity contribution >= 4 is 15.9 Å². The molecule has 3 N–H and O–H groups in total. The van der Waals surface area contributed by atoms with Gasteiger partial charge >= 0.3 is 0 Å². The highest BCUT2D eigenvalue weighted by atomic mass is 79.9. The maximum atomic E-state index is 13.8. The number of halogens is 3. The second-order valence-corrected chi connectivity index (χ2v) is 4.54. The predicted octanol–water partition coefficient (Wildman–Crippen LogP) is 2.54. The molecule has 0 aromatic heterocycles. The average molecular weight is 305 g/mol. The highest BCUT2D eigenvalue weighted by molar-refractivity contribution is 9.10. The fourth-order valence-electron chi connectivity index (χ4n) is 1.77. The maximum Gasteiger partial charge on any atom is 0.132 e. The highest BCUT2D eigenvalue weighted by Crippen LogP contribution is 2.31. The van der Waals surface area contributed by atoms with Crippen LogP contribution in [0.1, 0.15) is 18.0 Å². The average Bonchev–Trinajstić information content (AvgIpc) is 2.76. The molecule has 0 fully saturated rings. The van der Waals surface area contributed by atoms with Gasteiger partial charge in [0.15, 0.2) is 0 Å². The number of hydrogen-bond acceptors (Lipinski definition) is 3. The predicted molar refractivity (Wildman–Crippen MR) is 62.8 cm³/mol. The Morgan fingerprint density at radius 3 is 2.47 bits per heavy atom. The number of nitrogens with one attached hydrogen (secondary N) is 1. The molecule has 1 unspecified atom stereocenters. The third kappa shape index (κ3) is 2.48. The van der Waals surface area contributed by atoms with Crippen LogP contribution in [0.5, 0.6) is 0 Å². The minimum Gasteiger partial charge on any atom is -0.496 e. The molecule has 0 radical (unpaired) electrons. The van der Waals surface area contributed by atoms with Crippen LogP contribution in [0.3, 0.4) is 0 Å². The molecule has 3 nitrogen and oxygen atoms in total. The standard InChI is InChI=1S/C11H11BrF2N2O/c12-6-4-7(13)10(8(14)5-6)11(16-15)9-2-1-3-17-9/h2,4-5,11,16H,1,3,15H2. The van der Waals surface area contributed by atoms with E-state index < -0.39 is 17.7 Å². The summed E-state index contributed by atoms with van der Waals surface area (Å²) >= 11 is 3.02.